The van der Waals surface area contributed by atoms with Gasteiger partial charge in [0.2, 0.25) is 0 Å². The van der Waals surface area contributed by atoms with E-state index in [-0.39, 0.29) is 0 Å². The molecule has 0 aromatic carbocycles. The first-order valence-electron chi connectivity index (χ1n) is 5.30. The molecule has 1 unspecified atom stereocenters. The third-order valence-electron chi connectivity index (χ3n) is 2.61. The number of nitrogens with zero attached hydrogens (tertiary/aromatic N) is 2. The van der Waals surface area contributed by atoms with Crippen LogP contribution in [0.4, 0.5) is 11.5 Å². The van der Waals surface area contributed by atoms with Gasteiger partial charge in [0, 0.05) is 49.1 Å². The van der Waals surface area contributed by atoms with Gasteiger partial charge in [0.05, 0.1) is 0 Å². The summed E-state index contributed by atoms with van der Waals surface area (Å²) in [7, 11) is 1.90. The van der Waals surface area contributed by atoms with E-state index in [1.807, 2.05) is 13.2 Å². The Hall–Kier alpha value is -0.900. The zero-order chi connectivity index (χ0) is 10.7. The second-order valence-corrected chi connectivity index (χ2v) is 5.32. The van der Waals surface area contributed by atoms with Crippen LogP contribution in [-0.2, 0) is 0 Å². The van der Waals surface area contributed by atoms with Crippen LogP contribution >= 0.6 is 11.8 Å². The molecule has 15 heavy (non-hydrogen) atoms. The van der Waals surface area contributed by atoms with Gasteiger partial charge in [-0.25, -0.2) is 4.98 Å². The van der Waals surface area contributed by atoms with Crippen LogP contribution in [0.3, 0.4) is 0 Å². The molecule has 1 aromatic rings. The van der Waals surface area contributed by atoms with E-state index in [2.05, 4.69) is 46.0 Å². The standard InChI is InChI=1S/C11H17N3S/c1-9-8-14(5-6-15-9)10-3-4-13-11(7-10)12-2/h3-4,7,9H,5-6,8H2,1-2H3,(H,12,13). The van der Waals surface area contributed by atoms with E-state index in [0.29, 0.717) is 0 Å². The summed E-state index contributed by atoms with van der Waals surface area (Å²) < 4.78 is 0. The SMILES string of the molecule is CNc1cc(N2CCSC(C)C2)ccn1. The second kappa shape index (κ2) is 4.75. The van der Waals surface area contributed by atoms with Gasteiger partial charge in [-0.1, -0.05) is 6.92 Å². The quantitative estimate of drug-likeness (QED) is 0.831. The molecular formula is C11H17N3S. The molecule has 0 amide bonds. The van der Waals surface area contributed by atoms with Crippen molar-refractivity contribution in [1.29, 1.82) is 0 Å². The molecule has 3 nitrogen and oxygen atoms in total. The van der Waals surface area contributed by atoms with Crippen molar-refractivity contribution in [2.75, 3.05) is 36.1 Å². The first-order valence-corrected chi connectivity index (χ1v) is 6.35. The van der Waals surface area contributed by atoms with Gasteiger partial charge in [0.15, 0.2) is 0 Å². The van der Waals surface area contributed by atoms with E-state index in [1.165, 1.54) is 11.4 Å². The smallest absolute Gasteiger partial charge is 0.127 e. The van der Waals surface area contributed by atoms with Gasteiger partial charge in [0.1, 0.15) is 5.82 Å². The number of aromatic nitrogens is 1. The monoisotopic (exact) mass is 223 g/mol. The summed E-state index contributed by atoms with van der Waals surface area (Å²) in [6.07, 6.45) is 1.87. The molecular weight excluding hydrogens is 206 g/mol. The van der Waals surface area contributed by atoms with Gasteiger partial charge in [-0.15, -0.1) is 0 Å². The fraction of sp³-hybridized carbons (Fsp3) is 0.545. The molecule has 1 atom stereocenters. The molecule has 82 valence electrons. The number of thioether (sulfide) groups is 1. The largest absolute Gasteiger partial charge is 0.373 e. The van der Waals surface area contributed by atoms with E-state index in [9.17, 15) is 0 Å². The Morgan fingerprint density at radius 2 is 2.47 bits per heavy atom. The predicted octanol–water partition coefficient (Wildman–Crippen LogP) is 2.06. The average molecular weight is 223 g/mol. The molecule has 1 N–H and O–H groups in total. The molecule has 1 aliphatic heterocycles. The lowest BCUT2D eigenvalue weighted by Crippen LogP contribution is -2.36. The number of nitrogens with one attached hydrogen (secondary N) is 1. The van der Waals surface area contributed by atoms with Crippen molar-refractivity contribution < 1.29 is 0 Å². The van der Waals surface area contributed by atoms with Crippen molar-refractivity contribution >= 4 is 23.3 Å². The number of anilines is 2. The summed E-state index contributed by atoms with van der Waals surface area (Å²) in [4.78, 5) is 6.66. The molecule has 4 heteroatoms. The van der Waals surface area contributed by atoms with Crippen molar-refractivity contribution in [3.63, 3.8) is 0 Å². The van der Waals surface area contributed by atoms with Crippen molar-refractivity contribution in [1.82, 2.24) is 4.98 Å². The molecule has 1 fully saturated rings. The van der Waals surface area contributed by atoms with Crippen LogP contribution in [0, 0.1) is 0 Å². The summed E-state index contributed by atoms with van der Waals surface area (Å²) in [5.41, 5.74) is 1.28. The van der Waals surface area contributed by atoms with Crippen molar-refractivity contribution in [2.45, 2.75) is 12.2 Å². The number of hydrogen-bond acceptors (Lipinski definition) is 4. The van der Waals surface area contributed by atoms with Crippen LogP contribution in [0.5, 0.6) is 0 Å². The van der Waals surface area contributed by atoms with Gasteiger partial charge >= 0.3 is 0 Å². The fourth-order valence-corrected chi connectivity index (χ4v) is 2.82. The molecule has 0 aliphatic carbocycles. The average Bonchev–Trinajstić information content (AvgIpc) is 2.29. The second-order valence-electron chi connectivity index (χ2n) is 3.78. The lowest BCUT2D eigenvalue weighted by Gasteiger charge is -2.32. The van der Waals surface area contributed by atoms with E-state index < -0.39 is 0 Å². The van der Waals surface area contributed by atoms with Gasteiger partial charge in [-0.05, 0) is 6.07 Å². The molecule has 2 heterocycles. The number of pyridine rings is 1. The third-order valence-corrected chi connectivity index (χ3v) is 3.74. The summed E-state index contributed by atoms with van der Waals surface area (Å²) in [5.74, 6) is 2.16. The van der Waals surface area contributed by atoms with Crippen molar-refractivity contribution in [3.05, 3.63) is 18.3 Å². The highest BCUT2D eigenvalue weighted by Gasteiger charge is 2.16. The molecule has 1 saturated heterocycles. The van der Waals surface area contributed by atoms with E-state index in [1.54, 1.807) is 0 Å². The van der Waals surface area contributed by atoms with Gasteiger partial charge in [-0.2, -0.15) is 11.8 Å². The fourth-order valence-electron chi connectivity index (χ4n) is 1.81. The van der Waals surface area contributed by atoms with Crippen LogP contribution in [0.1, 0.15) is 6.92 Å². The number of hydrogen-bond donors (Lipinski definition) is 1. The summed E-state index contributed by atoms with van der Waals surface area (Å²) in [6, 6.07) is 4.20. The van der Waals surface area contributed by atoms with Crippen LogP contribution in [0.25, 0.3) is 0 Å². The molecule has 0 spiro atoms. The van der Waals surface area contributed by atoms with Gasteiger partial charge in [0.25, 0.3) is 0 Å². The molecule has 0 radical (unpaired) electrons. The third kappa shape index (κ3) is 2.56. The minimum atomic E-state index is 0.727. The summed E-state index contributed by atoms with van der Waals surface area (Å²) in [5, 5.41) is 3.80. The lowest BCUT2D eigenvalue weighted by molar-refractivity contribution is 0.782. The predicted molar refractivity (Wildman–Crippen MR) is 67.9 cm³/mol. The van der Waals surface area contributed by atoms with E-state index in [0.717, 1.165) is 24.2 Å². The first kappa shape index (κ1) is 10.6. The summed E-state index contributed by atoms with van der Waals surface area (Å²) in [6.45, 7) is 4.57. The minimum absolute atomic E-state index is 0.727. The van der Waals surface area contributed by atoms with E-state index >= 15 is 0 Å². The Morgan fingerprint density at radius 1 is 1.60 bits per heavy atom. The molecule has 0 saturated carbocycles. The minimum Gasteiger partial charge on any atom is -0.373 e. The first-order chi connectivity index (χ1) is 7.29. The van der Waals surface area contributed by atoms with Crippen molar-refractivity contribution in [3.8, 4) is 0 Å². The van der Waals surface area contributed by atoms with Gasteiger partial charge in [-0.3, -0.25) is 0 Å². The normalized spacial score (nSPS) is 21.5. The number of rotatable bonds is 2. The highest BCUT2D eigenvalue weighted by Crippen LogP contribution is 2.24. The van der Waals surface area contributed by atoms with Gasteiger partial charge < -0.3 is 10.2 Å². The van der Waals surface area contributed by atoms with Crippen LogP contribution in [0.15, 0.2) is 18.3 Å². The Kier molecular flexibility index (Phi) is 3.36. The Balaban J connectivity index is 2.13. The Bertz CT molecular complexity index is 329. The van der Waals surface area contributed by atoms with E-state index in [4.69, 9.17) is 0 Å². The zero-order valence-corrected chi connectivity index (χ0v) is 10.0. The van der Waals surface area contributed by atoms with Crippen LogP contribution in [0.2, 0.25) is 0 Å². The summed E-state index contributed by atoms with van der Waals surface area (Å²) >= 11 is 2.05. The zero-order valence-electron chi connectivity index (χ0n) is 9.23. The molecule has 2 rings (SSSR count). The van der Waals surface area contributed by atoms with Crippen molar-refractivity contribution in [2.24, 2.45) is 0 Å². The highest BCUT2D eigenvalue weighted by atomic mass is 32.2. The van der Waals surface area contributed by atoms with Crippen LogP contribution < -0.4 is 10.2 Å². The Labute approximate surface area is 95.3 Å². The highest BCUT2D eigenvalue weighted by molar-refractivity contribution is 8.00. The maximum atomic E-state index is 4.23. The molecule has 1 aliphatic rings. The lowest BCUT2D eigenvalue weighted by atomic mass is 10.3. The molecule has 0 bridgehead atoms. The maximum Gasteiger partial charge on any atom is 0.127 e. The van der Waals surface area contributed by atoms with Crippen LogP contribution in [-0.4, -0.2) is 36.1 Å². The Morgan fingerprint density at radius 3 is 3.20 bits per heavy atom. The molecule has 1 aromatic heterocycles. The maximum absolute atomic E-state index is 4.23. The topological polar surface area (TPSA) is 28.2 Å².